The van der Waals surface area contributed by atoms with Crippen LogP contribution in [0.15, 0.2) is 38.9 Å². The molecule has 0 N–H and O–H groups in total. The minimum absolute atomic E-state index is 0.0895. The molecule has 0 radical (unpaired) electrons. The zero-order valence-electron chi connectivity index (χ0n) is 17.6. The number of aryl methyl sites for hydroxylation is 1. The second kappa shape index (κ2) is 7.75. The molecule has 1 amide bonds. The standard InChI is InChI=1S/C22H25N3O4S/c1-14-13-30-20(23-14)19-12-17(26)16-11-15(5-6-18(16)28-19)24-7-9-25(10-8-24)21(27)29-22(2,3)4/h5-6,11-13H,7-10H2,1-4H3. The maximum atomic E-state index is 12.7. The van der Waals surface area contributed by atoms with Crippen LogP contribution >= 0.6 is 11.3 Å². The maximum Gasteiger partial charge on any atom is 0.410 e. The first kappa shape index (κ1) is 20.4. The quantitative estimate of drug-likeness (QED) is 0.608. The number of fused-ring (bicyclic) bond motifs is 1. The molecule has 0 atom stereocenters. The molecule has 2 aromatic heterocycles. The molecule has 30 heavy (non-hydrogen) atoms. The van der Waals surface area contributed by atoms with Gasteiger partial charge in [0, 0.05) is 49.0 Å². The van der Waals surface area contributed by atoms with Gasteiger partial charge in [-0.15, -0.1) is 11.3 Å². The van der Waals surface area contributed by atoms with Crippen molar-refractivity contribution in [1.29, 1.82) is 0 Å². The van der Waals surface area contributed by atoms with E-state index in [1.54, 1.807) is 4.90 Å². The van der Waals surface area contributed by atoms with Gasteiger partial charge in [-0.2, -0.15) is 0 Å². The molecule has 3 heterocycles. The van der Waals surface area contributed by atoms with Crippen molar-refractivity contribution >= 4 is 34.1 Å². The van der Waals surface area contributed by atoms with Crippen molar-refractivity contribution in [3.8, 4) is 10.8 Å². The van der Waals surface area contributed by atoms with Crippen molar-refractivity contribution in [2.45, 2.75) is 33.3 Å². The van der Waals surface area contributed by atoms with Crippen LogP contribution in [0.25, 0.3) is 21.7 Å². The number of ether oxygens (including phenoxy) is 1. The van der Waals surface area contributed by atoms with Crippen LogP contribution in [0.1, 0.15) is 26.5 Å². The maximum absolute atomic E-state index is 12.7. The molecular weight excluding hydrogens is 402 g/mol. The molecule has 1 saturated heterocycles. The summed E-state index contributed by atoms with van der Waals surface area (Å²) < 4.78 is 11.4. The van der Waals surface area contributed by atoms with E-state index in [0.717, 1.165) is 11.4 Å². The van der Waals surface area contributed by atoms with Crippen molar-refractivity contribution in [3.63, 3.8) is 0 Å². The Kier molecular flexibility index (Phi) is 5.27. The minimum Gasteiger partial charge on any atom is -0.453 e. The molecule has 0 bridgehead atoms. The summed E-state index contributed by atoms with van der Waals surface area (Å²) in [7, 11) is 0. The number of amides is 1. The fourth-order valence-corrected chi connectivity index (χ4v) is 4.14. The topological polar surface area (TPSA) is 75.9 Å². The summed E-state index contributed by atoms with van der Waals surface area (Å²) in [6.45, 7) is 10.00. The first-order valence-corrected chi connectivity index (χ1v) is 10.8. The van der Waals surface area contributed by atoms with Crippen molar-refractivity contribution in [2.75, 3.05) is 31.1 Å². The first-order chi connectivity index (χ1) is 14.2. The Bertz CT molecular complexity index is 1140. The number of rotatable bonds is 2. The Morgan fingerprint density at radius 3 is 2.53 bits per heavy atom. The predicted molar refractivity (Wildman–Crippen MR) is 118 cm³/mol. The first-order valence-electron chi connectivity index (χ1n) is 9.93. The molecule has 0 spiro atoms. The lowest BCUT2D eigenvalue weighted by Gasteiger charge is -2.36. The van der Waals surface area contributed by atoms with E-state index in [0.29, 0.717) is 47.9 Å². The molecule has 1 aliphatic heterocycles. The van der Waals surface area contributed by atoms with E-state index in [4.69, 9.17) is 9.15 Å². The average molecular weight is 428 g/mol. The van der Waals surface area contributed by atoms with E-state index in [1.165, 1.54) is 17.4 Å². The molecule has 0 unspecified atom stereocenters. The molecule has 8 heteroatoms. The zero-order valence-corrected chi connectivity index (χ0v) is 18.4. The van der Waals surface area contributed by atoms with Gasteiger partial charge in [-0.3, -0.25) is 4.79 Å². The number of carbonyl (C=O) groups is 1. The van der Waals surface area contributed by atoms with E-state index in [-0.39, 0.29) is 11.5 Å². The van der Waals surface area contributed by atoms with Gasteiger partial charge in [0.15, 0.2) is 16.2 Å². The lowest BCUT2D eigenvalue weighted by atomic mass is 10.1. The Morgan fingerprint density at radius 2 is 1.90 bits per heavy atom. The van der Waals surface area contributed by atoms with Crippen LogP contribution < -0.4 is 10.3 Å². The number of carbonyl (C=O) groups excluding carboxylic acids is 1. The Labute approximate surface area is 178 Å². The molecular formula is C22H25N3O4S. The van der Waals surface area contributed by atoms with Crippen molar-refractivity contribution < 1.29 is 13.9 Å². The molecule has 4 rings (SSSR count). The number of benzene rings is 1. The van der Waals surface area contributed by atoms with E-state index in [1.807, 2.05) is 51.3 Å². The number of aromatic nitrogens is 1. The van der Waals surface area contributed by atoms with E-state index in [9.17, 15) is 9.59 Å². The van der Waals surface area contributed by atoms with Gasteiger partial charge in [0.25, 0.3) is 0 Å². The number of hydrogen-bond donors (Lipinski definition) is 0. The monoisotopic (exact) mass is 427 g/mol. The van der Waals surface area contributed by atoms with Crippen LogP contribution in [0.3, 0.4) is 0 Å². The second-order valence-corrected chi connectivity index (χ2v) is 9.26. The fraction of sp³-hybridized carbons (Fsp3) is 0.409. The van der Waals surface area contributed by atoms with Gasteiger partial charge < -0.3 is 19.0 Å². The third-order valence-corrected chi connectivity index (χ3v) is 5.81. The van der Waals surface area contributed by atoms with Crippen molar-refractivity contribution in [3.05, 3.63) is 45.6 Å². The van der Waals surface area contributed by atoms with Gasteiger partial charge in [-0.1, -0.05) is 0 Å². The van der Waals surface area contributed by atoms with Gasteiger partial charge in [-0.25, -0.2) is 9.78 Å². The van der Waals surface area contributed by atoms with E-state index < -0.39 is 5.60 Å². The SMILES string of the molecule is Cc1csc(-c2cc(=O)c3cc(N4CCN(C(=O)OC(C)(C)C)CC4)ccc3o2)n1. The summed E-state index contributed by atoms with van der Waals surface area (Å²) in [6.07, 6.45) is -0.286. The summed E-state index contributed by atoms with van der Waals surface area (Å²) in [5.74, 6) is 0.490. The third-order valence-electron chi connectivity index (χ3n) is 4.84. The van der Waals surface area contributed by atoms with Gasteiger partial charge in [0.1, 0.15) is 11.2 Å². The normalized spacial score (nSPS) is 14.9. The number of nitrogens with zero attached hydrogens (tertiary/aromatic N) is 3. The van der Waals surface area contributed by atoms with Crippen LogP contribution in [-0.2, 0) is 4.74 Å². The minimum atomic E-state index is -0.503. The molecule has 7 nitrogen and oxygen atoms in total. The molecule has 3 aromatic rings. The van der Waals surface area contributed by atoms with Crippen molar-refractivity contribution in [1.82, 2.24) is 9.88 Å². The van der Waals surface area contributed by atoms with Crippen LogP contribution in [0, 0.1) is 6.92 Å². The van der Waals surface area contributed by atoms with E-state index >= 15 is 0 Å². The molecule has 1 aromatic carbocycles. The summed E-state index contributed by atoms with van der Waals surface area (Å²) in [4.78, 5) is 33.3. The zero-order chi connectivity index (χ0) is 21.5. The third kappa shape index (κ3) is 4.33. The van der Waals surface area contributed by atoms with Crippen molar-refractivity contribution in [2.24, 2.45) is 0 Å². The van der Waals surface area contributed by atoms with Crippen LogP contribution in [0.2, 0.25) is 0 Å². The lowest BCUT2D eigenvalue weighted by Crippen LogP contribution is -2.50. The Morgan fingerprint density at radius 1 is 1.17 bits per heavy atom. The molecule has 0 saturated carbocycles. The molecule has 1 aliphatic rings. The Balaban J connectivity index is 1.51. The number of anilines is 1. The Hall–Kier alpha value is -2.87. The second-order valence-electron chi connectivity index (χ2n) is 8.40. The van der Waals surface area contributed by atoms with Gasteiger partial charge in [-0.05, 0) is 45.9 Å². The highest BCUT2D eigenvalue weighted by Gasteiger charge is 2.26. The predicted octanol–water partition coefficient (Wildman–Crippen LogP) is 4.28. The highest BCUT2D eigenvalue weighted by molar-refractivity contribution is 7.13. The summed E-state index contributed by atoms with van der Waals surface area (Å²) >= 11 is 1.46. The molecule has 158 valence electrons. The van der Waals surface area contributed by atoms with Gasteiger partial charge >= 0.3 is 6.09 Å². The van der Waals surface area contributed by atoms with Gasteiger partial charge in [0.2, 0.25) is 0 Å². The number of hydrogen-bond acceptors (Lipinski definition) is 7. The number of thiazole rings is 1. The average Bonchev–Trinajstić information content (AvgIpc) is 3.13. The van der Waals surface area contributed by atoms with Gasteiger partial charge in [0.05, 0.1) is 5.39 Å². The molecule has 1 fully saturated rings. The summed E-state index contributed by atoms with van der Waals surface area (Å²) in [5.41, 5.74) is 1.79. The number of piperazine rings is 1. The van der Waals surface area contributed by atoms with E-state index in [2.05, 4.69) is 9.88 Å². The lowest BCUT2D eigenvalue weighted by molar-refractivity contribution is 0.0240. The highest BCUT2D eigenvalue weighted by atomic mass is 32.1. The summed E-state index contributed by atoms with van der Waals surface area (Å²) in [5, 5.41) is 3.17. The largest absolute Gasteiger partial charge is 0.453 e. The van der Waals surface area contributed by atoms with Crippen LogP contribution in [-0.4, -0.2) is 47.8 Å². The highest BCUT2D eigenvalue weighted by Crippen LogP contribution is 2.27. The fourth-order valence-electron chi connectivity index (χ4n) is 3.39. The summed E-state index contributed by atoms with van der Waals surface area (Å²) in [6, 6.07) is 7.15. The smallest absolute Gasteiger partial charge is 0.410 e. The van der Waals surface area contributed by atoms with Crippen LogP contribution in [0.4, 0.5) is 10.5 Å². The van der Waals surface area contributed by atoms with Crippen LogP contribution in [0.5, 0.6) is 0 Å². The molecule has 0 aliphatic carbocycles.